The second kappa shape index (κ2) is 4.97. The smallest absolute Gasteiger partial charge is 0.231 e. The molecule has 0 saturated carbocycles. The molecule has 0 N–H and O–H groups in total. The van der Waals surface area contributed by atoms with Crippen LogP contribution in [-0.4, -0.2) is 51.0 Å². The summed E-state index contributed by atoms with van der Waals surface area (Å²) in [6.45, 7) is 4.57. The third kappa shape index (κ3) is 2.64. The standard InChI is InChI=1S/C12H19N3O3/c1-12(7-18-8-12)6-15(2)11-13-9(16-3)5-10(14-11)17-4/h5H,6-8H2,1-4H3. The predicted octanol–water partition coefficient (Wildman–Crippen LogP) is 0.966. The minimum atomic E-state index is 0.175. The van der Waals surface area contributed by atoms with Crippen molar-refractivity contribution in [2.75, 3.05) is 45.9 Å². The topological polar surface area (TPSA) is 56.7 Å². The zero-order valence-corrected chi connectivity index (χ0v) is 11.3. The summed E-state index contributed by atoms with van der Waals surface area (Å²) in [6, 6.07) is 1.66. The minimum Gasteiger partial charge on any atom is -0.481 e. The maximum atomic E-state index is 5.25. The number of hydrogen-bond donors (Lipinski definition) is 0. The van der Waals surface area contributed by atoms with Gasteiger partial charge in [0.2, 0.25) is 17.7 Å². The molecule has 18 heavy (non-hydrogen) atoms. The van der Waals surface area contributed by atoms with E-state index in [1.165, 1.54) is 0 Å². The lowest BCUT2D eigenvalue weighted by molar-refractivity contribution is -0.0952. The van der Waals surface area contributed by atoms with Crippen molar-refractivity contribution in [3.63, 3.8) is 0 Å². The van der Waals surface area contributed by atoms with Crippen LogP contribution in [0.4, 0.5) is 5.95 Å². The molecule has 0 unspecified atom stereocenters. The fourth-order valence-corrected chi connectivity index (χ4v) is 1.96. The predicted molar refractivity (Wildman–Crippen MR) is 67.3 cm³/mol. The van der Waals surface area contributed by atoms with Gasteiger partial charge in [-0.25, -0.2) is 0 Å². The normalized spacial score (nSPS) is 16.9. The van der Waals surface area contributed by atoms with Crippen molar-refractivity contribution in [1.82, 2.24) is 9.97 Å². The average Bonchev–Trinajstić information content (AvgIpc) is 2.36. The van der Waals surface area contributed by atoms with E-state index in [1.807, 2.05) is 11.9 Å². The van der Waals surface area contributed by atoms with Crippen LogP contribution >= 0.6 is 0 Å². The van der Waals surface area contributed by atoms with Crippen molar-refractivity contribution in [1.29, 1.82) is 0 Å². The van der Waals surface area contributed by atoms with Crippen molar-refractivity contribution in [3.8, 4) is 11.8 Å². The monoisotopic (exact) mass is 253 g/mol. The van der Waals surface area contributed by atoms with Gasteiger partial charge in [0.1, 0.15) is 0 Å². The van der Waals surface area contributed by atoms with Gasteiger partial charge in [-0.1, -0.05) is 6.92 Å². The highest BCUT2D eigenvalue weighted by Gasteiger charge is 2.35. The van der Waals surface area contributed by atoms with Crippen LogP contribution in [-0.2, 0) is 4.74 Å². The largest absolute Gasteiger partial charge is 0.481 e. The van der Waals surface area contributed by atoms with E-state index in [-0.39, 0.29) is 5.41 Å². The summed E-state index contributed by atoms with van der Waals surface area (Å²) >= 11 is 0. The fraction of sp³-hybridized carbons (Fsp3) is 0.667. The maximum Gasteiger partial charge on any atom is 0.231 e. The van der Waals surface area contributed by atoms with E-state index in [1.54, 1.807) is 20.3 Å². The van der Waals surface area contributed by atoms with Crippen molar-refractivity contribution in [2.24, 2.45) is 5.41 Å². The molecule has 2 rings (SSSR count). The Labute approximate surface area is 107 Å². The van der Waals surface area contributed by atoms with E-state index in [0.29, 0.717) is 17.7 Å². The molecule has 6 heteroatoms. The summed E-state index contributed by atoms with van der Waals surface area (Å²) in [5, 5.41) is 0. The van der Waals surface area contributed by atoms with Gasteiger partial charge in [0.05, 0.1) is 33.5 Å². The van der Waals surface area contributed by atoms with Gasteiger partial charge in [-0.05, 0) is 0 Å². The van der Waals surface area contributed by atoms with Crippen LogP contribution in [0.3, 0.4) is 0 Å². The lowest BCUT2D eigenvalue weighted by atomic mass is 9.88. The van der Waals surface area contributed by atoms with E-state index in [2.05, 4.69) is 16.9 Å². The molecule has 0 aliphatic carbocycles. The highest BCUT2D eigenvalue weighted by Crippen LogP contribution is 2.29. The summed E-state index contributed by atoms with van der Waals surface area (Å²) in [7, 11) is 5.11. The van der Waals surface area contributed by atoms with Gasteiger partial charge in [-0.15, -0.1) is 0 Å². The molecule has 1 aromatic rings. The SMILES string of the molecule is COc1cc(OC)nc(N(C)CC2(C)COC2)n1. The summed E-state index contributed by atoms with van der Waals surface area (Å²) in [5.41, 5.74) is 0.175. The fourth-order valence-electron chi connectivity index (χ4n) is 1.96. The maximum absolute atomic E-state index is 5.25. The number of nitrogens with zero attached hydrogens (tertiary/aromatic N) is 3. The van der Waals surface area contributed by atoms with E-state index < -0.39 is 0 Å². The van der Waals surface area contributed by atoms with Gasteiger partial charge in [0.15, 0.2) is 0 Å². The number of anilines is 1. The molecular formula is C12H19N3O3. The second-order valence-corrected chi connectivity index (χ2v) is 4.91. The zero-order valence-electron chi connectivity index (χ0n) is 11.3. The first-order valence-corrected chi connectivity index (χ1v) is 5.82. The molecule has 1 fully saturated rings. The Morgan fingerprint density at radius 1 is 1.28 bits per heavy atom. The van der Waals surface area contributed by atoms with E-state index >= 15 is 0 Å². The van der Waals surface area contributed by atoms with E-state index in [4.69, 9.17) is 14.2 Å². The molecule has 1 aromatic heterocycles. The lowest BCUT2D eigenvalue weighted by Gasteiger charge is -2.40. The van der Waals surface area contributed by atoms with Gasteiger partial charge in [-0.3, -0.25) is 0 Å². The molecule has 0 bridgehead atoms. The molecule has 6 nitrogen and oxygen atoms in total. The summed E-state index contributed by atoms with van der Waals surface area (Å²) in [6.07, 6.45) is 0. The number of ether oxygens (including phenoxy) is 3. The zero-order chi connectivity index (χ0) is 13.2. The Balaban J connectivity index is 2.15. The Morgan fingerprint density at radius 3 is 2.22 bits per heavy atom. The van der Waals surface area contributed by atoms with Crippen molar-refractivity contribution in [2.45, 2.75) is 6.92 Å². The minimum absolute atomic E-state index is 0.175. The quantitative estimate of drug-likeness (QED) is 0.779. The lowest BCUT2D eigenvalue weighted by Crippen LogP contribution is -2.48. The summed E-state index contributed by atoms with van der Waals surface area (Å²) < 4.78 is 15.5. The van der Waals surface area contributed by atoms with Gasteiger partial charge < -0.3 is 19.1 Å². The van der Waals surface area contributed by atoms with Gasteiger partial charge in [0.25, 0.3) is 0 Å². The molecule has 1 saturated heterocycles. The number of rotatable bonds is 5. The first-order chi connectivity index (χ1) is 8.56. The third-order valence-electron chi connectivity index (χ3n) is 2.95. The molecule has 0 aromatic carbocycles. The molecule has 0 radical (unpaired) electrons. The van der Waals surface area contributed by atoms with Crippen LogP contribution < -0.4 is 14.4 Å². The number of methoxy groups -OCH3 is 2. The Hall–Kier alpha value is -1.56. The van der Waals surface area contributed by atoms with Crippen LogP contribution in [0.1, 0.15) is 6.92 Å². The van der Waals surface area contributed by atoms with E-state index in [0.717, 1.165) is 19.8 Å². The molecule has 100 valence electrons. The van der Waals surface area contributed by atoms with Crippen molar-refractivity contribution >= 4 is 5.95 Å². The molecule has 1 aliphatic rings. The van der Waals surface area contributed by atoms with Crippen molar-refractivity contribution < 1.29 is 14.2 Å². The average molecular weight is 253 g/mol. The molecule has 1 aliphatic heterocycles. The van der Waals surface area contributed by atoms with E-state index in [9.17, 15) is 0 Å². The first kappa shape index (κ1) is 12.9. The summed E-state index contributed by atoms with van der Waals surface area (Å²) in [5.74, 6) is 1.59. The number of aromatic nitrogens is 2. The van der Waals surface area contributed by atoms with Crippen LogP contribution in [0.2, 0.25) is 0 Å². The highest BCUT2D eigenvalue weighted by molar-refractivity contribution is 5.36. The summed E-state index contributed by atoms with van der Waals surface area (Å²) in [4.78, 5) is 10.6. The molecule has 0 spiro atoms. The first-order valence-electron chi connectivity index (χ1n) is 5.82. The van der Waals surface area contributed by atoms with Crippen molar-refractivity contribution in [3.05, 3.63) is 6.07 Å². The van der Waals surface area contributed by atoms with Crippen LogP contribution in [0.15, 0.2) is 6.07 Å². The molecule has 0 amide bonds. The molecule has 0 atom stereocenters. The Morgan fingerprint density at radius 2 is 1.83 bits per heavy atom. The van der Waals surface area contributed by atoms with Gasteiger partial charge >= 0.3 is 0 Å². The van der Waals surface area contributed by atoms with Crippen LogP contribution in [0, 0.1) is 5.41 Å². The van der Waals surface area contributed by atoms with Gasteiger partial charge in [0, 0.05) is 19.0 Å². The van der Waals surface area contributed by atoms with Gasteiger partial charge in [-0.2, -0.15) is 9.97 Å². The Kier molecular flexibility index (Phi) is 3.56. The van der Waals surface area contributed by atoms with Crippen LogP contribution in [0.25, 0.3) is 0 Å². The number of hydrogen-bond acceptors (Lipinski definition) is 6. The second-order valence-electron chi connectivity index (χ2n) is 4.91. The molecular weight excluding hydrogens is 234 g/mol. The third-order valence-corrected chi connectivity index (χ3v) is 2.95. The highest BCUT2D eigenvalue weighted by atomic mass is 16.5. The molecule has 2 heterocycles. The van der Waals surface area contributed by atoms with Crippen LogP contribution in [0.5, 0.6) is 11.8 Å². The Bertz CT molecular complexity index is 399.